The van der Waals surface area contributed by atoms with Crippen LogP contribution in [0.5, 0.6) is 0 Å². The number of benzene rings is 2. The molecule has 8 heteroatoms. The summed E-state index contributed by atoms with van der Waals surface area (Å²) in [6.07, 6.45) is 3.42. The lowest BCUT2D eigenvalue weighted by atomic mass is 10.1. The Balaban J connectivity index is 1.75. The van der Waals surface area contributed by atoms with Crippen molar-refractivity contribution in [1.29, 1.82) is 0 Å². The highest BCUT2D eigenvalue weighted by Crippen LogP contribution is 2.31. The number of amides is 1. The van der Waals surface area contributed by atoms with Gasteiger partial charge in [0.15, 0.2) is 11.0 Å². The first-order chi connectivity index (χ1) is 14.1. The average Bonchev–Trinajstić information content (AvgIpc) is 3.17. The number of rotatable bonds is 6. The smallest absolute Gasteiger partial charge is 0.249 e. The van der Waals surface area contributed by atoms with Crippen LogP contribution in [0.15, 0.2) is 78.2 Å². The summed E-state index contributed by atoms with van der Waals surface area (Å²) < 4.78 is 1.94. The zero-order chi connectivity index (χ0) is 20.2. The lowest BCUT2D eigenvalue weighted by Crippen LogP contribution is -2.13. The van der Waals surface area contributed by atoms with Crippen LogP contribution in [0.4, 0.5) is 0 Å². The molecular formula is C21H16ClN5OS. The molecular weight excluding hydrogens is 406 g/mol. The van der Waals surface area contributed by atoms with E-state index in [4.69, 9.17) is 17.3 Å². The largest absolute Gasteiger partial charge is 0.366 e. The molecule has 2 aromatic carbocycles. The highest BCUT2D eigenvalue weighted by Gasteiger charge is 2.17. The van der Waals surface area contributed by atoms with Gasteiger partial charge >= 0.3 is 0 Å². The second kappa shape index (κ2) is 8.46. The molecule has 4 aromatic rings. The van der Waals surface area contributed by atoms with Gasteiger partial charge in [-0.1, -0.05) is 47.6 Å². The number of nitrogens with two attached hydrogens (primary N) is 1. The normalized spacial score (nSPS) is 10.8. The number of nitrogens with zero attached hydrogens (tertiary/aromatic N) is 4. The van der Waals surface area contributed by atoms with Crippen LogP contribution in [0.25, 0.3) is 17.1 Å². The summed E-state index contributed by atoms with van der Waals surface area (Å²) in [4.78, 5) is 15.8. The van der Waals surface area contributed by atoms with E-state index in [1.807, 2.05) is 53.1 Å². The van der Waals surface area contributed by atoms with Gasteiger partial charge in [-0.2, -0.15) is 0 Å². The van der Waals surface area contributed by atoms with E-state index in [0.717, 1.165) is 16.8 Å². The lowest BCUT2D eigenvalue weighted by Gasteiger charge is -2.11. The number of carbonyl (C=O) groups excluding carboxylic acids is 1. The number of primary amides is 1. The standard InChI is InChI=1S/C21H16ClN5OS/c22-16-5-3-6-17(12-16)27-20(14-8-10-24-11-9-14)25-26-21(27)29-13-15-4-1-2-7-18(15)19(23)28/h1-12H,13H2,(H2,23,28). The predicted octanol–water partition coefficient (Wildman–Crippen LogP) is 4.37. The van der Waals surface area contributed by atoms with E-state index in [1.165, 1.54) is 11.8 Å². The van der Waals surface area contributed by atoms with E-state index in [-0.39, 0.29) is 0 Å². The molecule has 144 valence electrons. The van der Waals surface area contributed by atoms with Crippen molar-refractivity contribution in [2.24, 2.45) is 5.73 Å². The fourth-order valence-corrected chi connectivity index (χ4v) is 4.07. The number of halogens is 1. The molecule has 1 amide bonds. The number of hydrogen-bond donors (Lipinski definition) is 1. The molecule has 0 saturated carbocycles. The fourth-order valence-electron chi connectivity index (χ4n) is 2.93. The Bertz CT molecular complexity index is 1160. The van der Waals surface area contributed by atoms with Gasteiger partial charge < -0.3 is 5.73 Å². The molecule has 29 heavy (non-hydrogen) atoms. The van der Waals surface area contributed by atoms with Crippen molar-refractivity contribution in [2.75, 3.05) is 0 Å². The van der Waals surface area contributed by atoms with E-state index >= 15 is 0 Å². The summed E-state index contributed by atoms with van der Waals surface area (Å²) in [6.45, 7) is 0. The molecule has 0 spiro atoms. The Hall–Kier alpha value is -3.16. The molecule has 0 aliphatic heterocycles. The number of pyridine rings is 1. The molecule has 4 rings (SSSR count). The van der Waals surface area contributed by atoms with Crippen LogP contribution < -0.4 is 5.73 Å². The topological polar surface area (TPSA) is 86.7 Å². The maximum atomic E-state index is 11.7. The third-order valence-electron chi connectivity index (χ3n) is 4.28. The molecule has 2 N–H and O–H groups in total. The minimum absolute atomic E-state index is 0.449. The van der Waals surface area contributed by atoms with E-state index < -0.39 is 5.91 Å². The van der Waals surface area contributed by atoms with Crippen LogP contribution in [0.3, 0.4) is 0 Å². The van der Waals surface area contributed by atoms with Crippen LogP contribution >= 0.6 is 23.4 Å². The van der Waals surface area contributed by atoms with Gasteiger partial charge in [-0.3, -0.25) is 14.3 Å². The second-order valence-electron chi connectivity index (χ2n) is 6.17. The molecule has 2 heterocycles. The summed E-state index contributed by atoms with van der Waals surface area (Å²) in [5.74, 6) is 0.754. The highest BCUT2D eigenvalue weighted by molar-refractivity contribution is 7.98. The Morgan fingerprint density at radius 2 is 1.83 bits per heavy atom. The first-order valence-electron chi connectivity index (χ1n) is 8.76. The van der Waals surface area contributed by atoms with Gasteiger partial charge in [-0.15, -0.1) is 10.2 Å². The summed E-state index contributed by atoms with van der Waals surface area (Å²) in [5.41, 5.74) is 8.58. The first kappa shape index (κ1) is 19.2. The Morgan fingerprint density at radius 1 is 1.03 bits per heavy atom. The zero-order valence-corrected chi connectivity index (χ0v) is 16.8. The predicted molar refractivity (Wildman–Crippen MR) is 114 cm³/mol. The van der Waals surface area contributed by atoms with Crippen LogP contribution in [-0.2, 0) is 5.75 Å². The average molecular weight is 422 g/mol. The van der Waals surface area contributed by atoms with Crippen molar-refractivity contribution in [3.8, 4) is 17.1 Å². The van der Waals surface area contributed by atoms with Gasteiger partial charge in [-0.25, -0.2) is 0 Å². The van der Waals surface area contributed by atoms with Crippen molar-refractivity contribution in [3.05, 3.63) is 89.2 Å². The molecule has 0 fully saturated rings. The summed E-state index contributed by atoms with van der Waals surface area (Å²) in [5, 5.41) is 10.1. The lowest BCUT2D eigenvalue weighted by molar-refractivity contribution is 0.0999. The quantitative estimate of drug-likeness (QED) is 0.467. The summed E-state index contributed by atoms with van der Waals surface area (Å²) >= 11 is 7.69. The second-order valence-corrected chi connectivity index (χ2v) is 7.55. The molecule has 0 radical (unpaired) electrons. The molecule has 0 unspecified atom stereocenters. The monoisotopic (exact) mass is 421 g/mol. The van der Waals surface area contributed by atoms with Crippen LogP contribution in [0.1, 0.15) is 15.9 Å². The van der Waals surface area contributed by atoms with Gasteiger partial charge in [0, 0.05) is 34.3 Å². The molecule has 0 aliphatic carbocycles. The van der Waals surface area contributed by atoms with Crippen LogP contribution in [0, 0.1) is 0 Å². The molecule has 6 nitrogen and oxygen atoms in total. The van der Waals surface area contributed by atoms with Crippen molar-refractivity contribution >= 4 is 29.3 Å². The van der Waals surface area contributed by atoms with Crippen molar-refractivity contribution < 1.29 is 4.79 Å². The number of carbonyl (C=O) groups is 1. The minimum atomic E-state index is -0.449. The van der Waals surface area contributed by atoms with E-state index in [9.17, 15) is 4.79 Å². The van der Waals surface area contributed by atoms with Gasteiger partial charge in [-0.05, 0) is 42.0 Å². The van der Waals surface area contributed by atoms with Crippen molar-refractivity contribution in [1.82, 2.24) is 19.7 Å². The number of aromatic nitrogens is 4. The van der Waals surface area contributed by atoms with E-state index in [1.54, 1.807) is 24.5 Å². The van der Waals surface area contributed by atoms with Gasteiger partial charge in [0.2, 0.25) is 5.91 Å². The third kappa shape index (κ3) is 4.16. The molecule has 0 aliphatic rings. The van der Waals surface area contributed by atoms with Gasteiger partial charge in [0.1, 0.15) is 0 Å². The van der Waals surface area contributed by atoms with Gasteiger partial charge in [0.05, 0.1) is 5.69 Å². The molecule has 0 bridgehead atoms. The maximum absolute atomic E-state index is 11.7. The number of thioether (sulfide) groups is 1. The molecule has 2 aromatic heterocycles. The van der Waals surface area contributed by atoms with Crippen molar-refractivity contribution in [3.63, 3.8) is 0 Å². The Labute approximate surface area is 176 Å². The van der Waals surface area contributed by atoms with Gasteiger partial charge in [0.25, 0.3) is 0 Å². The number of hydrogen-bond acceptors (Lipinski definition) is 5. The molecule has 0 saturated heterocycles. The maximum Gasteiger partial charge on any atom is 0.249 e. The highest BCUT2D eigenvalue weighted by atomic mass is 35.5. The zero-order valence-electron chi connectivity index (χ0n) is 15.2. The van der Waals surface area contributed by atoms with Crippen molar-refractivity contribution in [2.45, 2.75) is 10.9 Å². The fraction of sp³-hybridized carbons (Fsp3) is 0.0476. The third-order valence-corrected chi connectivity index (χ3v) is 5.49. The first-order valence-corrected chi connectivity index (χ1v) is 10.1. The SMILES string of the molecule is NC(=O)c1ccccc1CSc1nnc(-c2ccncc2)n1-c1cccc(Cl)c1. The van der Waals surface area contributed by atoms with E-state index in [0.29, 0.717) is 27.3 Å². The van der Waals surface area contributed by atoms with E-state index in [2.05, 4.69) is 15.2 Å². The Morgan fingerprint density at radius 3 is 2.59 bits per heavy atom. The summed E-state index contributed by atoms with van der Waals surface area (Å²) in [6, 6.07) is 18.5. The molecule has 0 atom stereocenters. The van der Waals surface area contributed by atoms with Crippen LogP contribution in [-0.4, -0.2) is 25.7 Å². The van der Waals surface area contributed by atoms with Crippen LogP contribution in [0.2, 0.25) is 5.02 Å². The Kier molecular flexibility index (Phi) is 5.59. The minimum Gasteiger partial charge on any atom is -0.366 e. The summed E-state index contributed by atoms with van der Waals surface area (Å²) in [7, 11) is 0.